The first-order chi connectivity index (χ1) is 8.10. The van der Waals surface area contributed by atoms with Crippen LogP contribution in [-0.2, 0) is 6.42 Å². The average Bonchev–Trinajstić information content (AvgIpc) is 2.59. The Morgan fingerprint density at radius 1 is 1.29 bits per heavy atom. The van der Waals surface area contributed by atoms with Crippen LogP contribution in [0.3, 0.4) is 0 Å². The Morgan fingerprint density at radius 2 is 1.94 bits per heavy atom. The first-order valence-corrected chi connectivity index (χ1v) is 6.48. The summed E-state index contributed by atoms with van der Waals surface area (Å²) in [5.41, 5.74) is 5.85. The highest BCUT2D eigenvalue weighted by molar-refractivity contribution is 5.48. The van der Waals surface area contributed by atoms with Gasteiger partial charge in [0.25, 0.3) is 0 Å². The maximum absolute atomic E-state index is 5.85. The van der Waals surface area contributed by atoms with Crippen molar-refractivity contribution in [2.45, 2.75) is 33.6 Å². The Kier molecular flexibility index (Phi) is 3.50. The fraction of sp³-hybridized carbons (Fsp3) is 0.692. The molecule has 0 amide bonds. The van der Waals surface area contributed by atoms with Crippen LogP contribution < -0.4 is 10.6 Å². The van der Waals surface area contributed by atoms with Gasteiger partial charge in [0.2, 0.25) is 0 Å². The number of nitrogens with zero attached hydrogens (tertiary/aromatic N) is 3. The van der Waals surface area contributed by atoms with Crippen molar-refractivity contribution in [3.05, 3.63) is 11.9 Å². The molecule has 4 nitrogen and oxygen atoms in total. The lowest BCUT2D eigenvalue weighted by Crippen LogP contribution is -2.22. The van der Waals surface area contributed by atoms with E-state index >= 15 is 0 Å². The molecule has 1 aliphatic rings. The number of anilines is 2. The molecule has 94 valence electrons. The Bertz CT molecular complexity index is 381. The van der Waals surface area contributed by atoms with Gasteiger partial charge in [-0.05, 0) is 18.3 Å². The molecule has 1 aliphatic heterocycles. The van der Waals surface area contributed by atoms with E-state index in [9.17, 15) is 0 Å². The second-order valence-corrected chi connectivity index (χ2v) is 5.18. The quantitative estimate of drug-likeness (QED) is 0.870. The first-order valence-electron chi connectivity index (χ1n) is 6.48. The fourth-order valence-electron chi connectivity index (χ4n) is 2.32. The van der Waals surface area contributed by atoms with Crippen LogP contribution >= 0.6 is 0 Å². The molecule has 0 aromatic carbocycles. The van der Waals surface area contributed by atoms with E-state index in [4.69, 9.17) is 5.73 Å². The van der Waals surface area contributed by atoms with Gasteiger partial charge in [0.1, 0.15) is 17.5 Å². The van der Waals surface area contributed by atoms with Gasteiger partial charge in [-0.3, -0.25) is 0 Å². The highest BCUT2D eigenvalue weighted by atomic mass is 15.2. The molecule has 2 atom stereocenters. The monoisotopic (exact) mass is 234 g/mol. The normalized spacial score (nSPS) is 24.3. The fourth-order valence-corrected chi connectivity index (χ4v) is 2.32. The summed E-state index contributed by atoms with van der Waals surface area (Å²) in [5.74, 6) is 3.90. The summed E-state index contributed by atoms with van der Waals surface area (Å²) in [6.07, 6.45) is 1.95. The molecule has 17 heavy (non-hydrogen) atoms. The average molecular weight is 234 g/mol. The molecule has 1 fully saturated rings. The van der Waals surface area contributed by atoms with Crippen molar-refractivity contribution in [3.63, 3.8) is 0 Å². The van der Waals surface area contributed by atoms with Crippen LogP contribution in [0.5, 0.6) is 0 Å². The number of aryl methyl sites for hydroxylation is 1. The minimum absolute atomic E-state index is 0.589. The Labute approximate surface area is 103 Å². The van der Waals surface area contributed by atoms with E-state index in [1.807, 2.05) is 6.07 Å². The van der Waals surface area contributed by atoms with Gasteiger partial charge in [-0.25, -0.2) is 9.97 Å². The number of nitrogen functional groups attached to an aromatic ring is 1. The number of aromatic nitrogens is 2. The lowest BCUT2D eigenvalue weighted by molar-refractivity contribution is 0.494. The van der Waals surface area contributed by atoms with Crippen molar-refractivity contribution in [1.82, 2.24) is 9.97 Å². The molecule has 2 unspecified atom stereocenters. The molecule has 0 bridgehead atoms. The van der Waals surface area contributed by atoms with Crippen molar-refractivity contribution in [2.24, 2.45) is 11.8 Å². The minimum atomic E-state index is 0.589. The molecule has 2 N–H and O–H groups in total. The Morgan fingerprint density at radius 3 is 2.53 bits per heavy atom. The zero-order valence-corrected chi connectivity index (χ0v) is 11.0. The summed E-state index contributed by atoms with van der Waals surface area (Å²) in [7, 11) is 0. The van der Waals surface area contributed by atoms with Crippen LogP contribution in [0.25, 0.3) is 0 Å². The summed E-state index contributed by atoms with van der Waals surface area (Å²) in [5, 5.41) is 0. The predicted octanol–water partition coefficient (Wildman–Crippen LogP) is 2.10. The van der Waals surface area contributed by atoms with Gasteiger partial charge >= 0.3 is 0 Å². The topological polar surface area (TPSA) is 55.0 Å². The minimum Gasteiger partial charge on any atom is -0.384 e. The van der Waals surface area contributed by atoms with Crippen LogP contribution in [0.4, 0.5) is 11.6 Å². The van der Waals surface area contributed by atoms with Crippen molar-refractivity contribution < 1.29 is 0 Å². The van der Waals surface area contributed by atoms with Gasteiger partial charge in [0.15, 0.2) is 0 Å². The number of hydrogen-bond acceptors (Lipinski definition) is 4. The van der Waals surface area contributed by atoms with Crippen LogP contribution in [-0.4, -0.2) is 23.1 Å². The van der Waals surface area contributed by atoms with Crippen LogP contribution in [0.1, 0.15) is 33.0 Å². The molecule has 2 rings (SSSR count). The smallest absolute Gasteiger partial charge is 0.134 e. The standard InChI is InChI=1S/C13H22N4/c1-4-5-12-15-11(14)6-13(16-12)17-7-9(2)10(3)8-17/h6,9-10H,4-5,7-8H2,1-3H3,(H2,14,15,16). The molecule has 1 saturated heterocycles. The summed E-state index contributed by atoms with van der Waals surface area (Å²) < 4.78 is 0. The van der Waals surface area contributed by atoms with E-state index in [0.717, 1.165) is 49.4 Å². The van der Waals surface area contributed by atoms with Gasteiger partial charge < -0.3 is 10.6 Å². The molecular formula is C13H22N4. The lowest BCUT2D eigenvalue weighted by atomic mass is 10.0. The van der Waals surface area contributed by atoms with Crippen molar-refractivity contribution >= 4 is 11.6 Å². The summed E-state index contributed by atoms with van der Waals surface area (Å²) in [4.78, 5) is 11.2. The van der Waals surface area contributed by atoms with E-state index in [1.165, 1.54) is 0 Å². The third kappa shape index (κ3) is 2.68. The Hall–Kier alpha value is -1.32. The van der Waals surface area contributed by atoms with E-state index < -0.39 is 0 Å². The molecule has 0 spiro atoms. The molecule has 1 aromatic rings. The van der Waals surface area contributed by atoms with Crippen LogP contribution in [0, 0.1) is 11.8 Å². The highest BCUT2D eigenvalue weighted by Gasteiger charge is 2.27. The zero-order valence-electron chi connectivity index (χ0n) is 11.0. The van der Waals surface area contributed by atoms with Gasteiger partial charge in [-0.2, -0.15) is 0 Å². The molecule has 0 saturated carbocycles. The van der Waals surface area contributed by atoms with E-state index in [2.05, 4.69) is 35.6 Å². The molecule has 0 radical (unpaired) electrons. The molecule has 2 heterocycles. The van der Waals surface area contributed by atoms with E-state index in [0.29, 0.717) is 5.82 Å². The van der Waals surface area contributed by atoms with Crippen molar-refractivity contribution in [3.8, 4) is 0 Å². The van der Waals surface area contributed by atoms with Crippen LogP contribution in [0.2, 0.25) is 0 Å². The third-order valence-corrected chi connectivity index (χ3v) is 3.56. The third-order valence-electron chi connectivity index (χ3n) is 3.56. The maximum atomic E-state index is 5.85. The van der Waals surface area contributed by atoms with E-state index in [1.54, 1.807) is 0 Å². The number of hydrogen-bond donors (Lipinski definition) is 1. The van der Waals surface area contributed by atoms with Crippen molar-refractivity contribution in [1.29, 1.82) is 0 Å². The second kappa shape index (κ2) is 4.90. The second-order valence-electron chi connectivity index (χ2n) is 5.18. The summed E-state index contributed by atoms with van der Waals surface area (Å²) in [6.45, 7) is 8.86. The van der Waals surface area contributed by atoms with E-state index in [-0.39, 0.29) is 0 Å². The molecule has 1 aromatic heterocycles. The highest BCUT2D eigenvalue weighted by Crippen LogP contribution is 2.27. The van der Waals surface area contributed by atoms with Gasteiger partial charge in [-0.15, -0.1) is 0 Å². The first kappa shape index (κ1) is 12.1. The van der Waals surface area contributed by atoms with Crippen LogP contribution in [0.15, 0.2) is 6.07 Å². The van der Waals surface area contributed by atoms with Gasteiger partial charge in [-0.1, -0.05) is 20.8 Å². The lowest BCUT2D eigenvalue weighted by Gasteiger charge is -2.18. The summed E-state index contributed by atoms with van der Waals surface area (Å²) >= 11 is 0. The SMILES string of the molecule is CCCc1nc(N)cc(N2CC(C)C(C)C2)n1. The van der Waals surface area contributed by atoms with Gasteiger partial charge in [0, 0.05) is 25.6 Å². The number of nitrogens with two attached hydrogens (primary N) is 1. The largest absolute Gasteiger partial charge is 0.384 e. The number of rotatable bonds is 3. The van der Waals surface area contributed by atoms with Crippen molar-refractivity contribution in [2.75, 3.05) is 23.7 Å². The van der Waals surface area contributed by atoms with Gasteiger partial charge in [0.05, 0.1) is 0 Å². The Balaban J connectivity index is 2.20. The zero-order chi connectivity index (χ0) is 12.4. The predicted molar refractivity (Wildman–Crippen MR) is 71.0 cm³/mol. The summed E-state index contributed by atoms with van der Waals surface area (Å²) in [6, 6.07) is 1.89. The maximum Gasteiger partial charge on any atom is 0.134 e. The molecule has 0 aliphatic carbocycles. The molecular weight excluding hydrogens is 212 g/mol. The molecule has 4 heteroatoms.